The van der Waals surface area contributed by atoms with Crippen molar-refractivity contribution in [1.82, 2.24) is 14.8 Å². The number of furan rings is 1. The molecule has 3 aromatic rings. The Morgan fingerprint density at radius 1 is 1.00 bits per heavy atom. The summed E-state index contributed by atoms with van der Waals surface area (Å²) in [7, 11) is 0. The summed E-state index contributed by atoms with van der Waals surface area (Å²) in [6.07, 6.45) is 1.46. The van der Waals surface area contributed by atoms with Crippen LogP contribution in [-0.2, 0) is 0 Å². The lowest BCUT2D eigenvalue weighted by Crippen LogP contribution is -2.50. The topological polar surface area (TPSA) is 108 Å². The van der Waals surface area contributed by atoms with Gasteiger partial charge in [0.05, 0.1) is 12.0 Å². The van der Waals surface area contributed by atoms with Crippen molar-refractivity contribution in [3.63, 3.8) is 0 Å². The van der Waals surface area contributed by atoms with Gasteiger partial charge in [-0.3, -0.25) is 14.9 Å². The molecule has 1 aliphatic heterocycles. The fourth-order valence-electron chi connectivity index (χ4n) is 3.25. The molecule has 1 saturated heterocycles. The van der Waals surface area contributed by atoms with E-state index >= 15 is 0 Å². The van der Waals surface area contributed by atoms with Crippen molar-refractivity contribution in [3.8, 4) is 0 Å². The summed E-state index contributed by atoms with van der Waals surface area (Å²) >= 11 is 6.96. The van der Waals surface area contributed by atoms with Crippen LogP contribution in [0.25, 0.3) is 0 Å². The number of anilines is 2. The van der Waals surface area contributed by atoms with Gasteiger partial charge >= 0.3 is 6.03 Å². The first-order valence-corrected chi connectivity index (χ1v) is 11.0. The Morgan fingerprint density at radius 2 is 1.66 bits per heavy atom. The highest BCUT2D eigenvalue weighted by atomic mass is 35.5. The number of aromatic nitrogens is 1. The van der Waals surface area contributed by atoms with E-state index in [1.807, 2.05) is 0 Å². The summed E-state index contributed by atoms with van der Waals surface area (Å²) in [4.78, 5) is 45.7. The zero-order chi connectivity index (χ0) is 22.7. The van der Waals surface area contributed by atoms with E-state index in [-0.39, 0.29) is 17.6 Å². The maximum absolute atomic E-state index is 13.0. The average molecular weight is 474 g/mol. The van der Waals surface area contributed by atoms with E-state index in [9.17, 15) is 14.4 Å². The molecule has 32 heavy (non-hydrogen) atoms. The molecule has 1 aromatic carbocycles. The number of aryl methyl sites for hydroxylation is 1. The number of halogens is 1. The highest BCUT2D eigenvalue weighted by Crippen LogP contribution is 2.25. The minimum absolute atomic E-state index is 0.170. The number of amides is 4. The number of nitrogens with one attached hydrogen (secondary N) is 2. The second kappa shape index (κ2) is 9.41. The molecule has 1 aliphatic rings. The van der Waals surface area contributed by atoms with Crippen LogP contribution in [0.1, 0.15) is 25.9 Å². The van der Waals surface area contributed by atoms with Crippen molar-refractivity contribution in [3.05, 3.63) is 64.0 Å². The molecule has 4 rings (SSSR count). The van der Waals surface area contributed by atoms with Crippen LogP contribution in [0.3, 0.4) is 0 Å². The Kier molecular flexibility index (Phi) is 6.42. The molecular weight excluding hydrogens is 454 g/mol. The first-order valence-electron chi connectivity index (χ1n) is 9.84. The molecule has 166 valence electrons. The molecule has 0 bridgehead atoms. The standard InChI is InChI=1S/C21H20ClN5O4S/c1-13-17(32-21(23-13)25-20(30)24-15-6-4-14(22)5-7-15)19(29)27-10-8-26(9-11-27)18(28)16-3-2-12-31-16/h2-7,12H,8-11H2,1H3,(H2,23,24,25,30). The van der Waals surface area contributed by atoms with Gasteiger partial charge in [-0.15, -0.1) is 0 Å². The lowest BCUT2D eigenvalue weighted by Gasteiger charge is -2.34. The zero-order valence-electron chi connectivity index (χ0n) is 17.1. The van der Waals surface area contributed by atoms with E-state index in [0.29, 0.717) is 52.6 Å². The van der Waals surface area contributed by atoms with Gasteiger partial charge in [0.15, 0.2) is 10.9 Å². The molecule has 0 spiro atoms. The third-order valence-electron chi connectivity index (χ3n) is 4.90. The van der Waals surface area contributed by atoms with Gasteiger partial charge in [-0.05, 0) is 43.3 Å². The summed E-state index contributed by atoms with van der Waals surface area (Å²) in [5.74, 6) is -0.0683. The first-order chi connectivity index (χ1) is 15.4. The maximum atomic E-state index is 13.0. The minimum atomic E-state index is -0.467. The summed E-state index contributed by atoms with van der Waals surface area (Å²) in [6.45, 7) is 3.36. The van der Waals surface area contributed by atoms with Crippen molar-refractivity contribution < 1.29 is 18.8 Å². The molecule has 9 nitrogen and oxygen atoms in total. The number of hydrogen-bond donors (Lipinski definition) is 2. The highest BCUT2D eigenvalue weighted by molar-refractivity contribution is 7.17. The van der Waals surface area contributed by atoms with Crippen LogP contribution in [0, 0.1) is 6.92 Å². The lowest BCUT2D eigenvalue weighted by atomic mass is 10.2. The largest absolute Gasteiger partial charge is 0.459 e. The minimum Gasteiger partial charge on any atom is -0.459 e. The molecule has 2 N–H and O–H groups in total. The van der Waals surface area contributed by atoms with E-state index in [4.69, 9.17) is 16.0 Å². The second-order valence-corrected chi connectivity index (χ2v) is 8.52. The fraction of sp³-hybridized carbons (Fsp3) is 0.238. The van der Waals surface area contributed by atoms with E-state index in [0.717, 1.165) is 11.3 Å². The number of thiazole rings is 1. The molecule has 0 saturated carbocycles. The third kappa shape index (κ3) is 4.92. The quantitative estimate of drug-likeness (QED) is 0.596. The third-order valence-corrected chi connectivity index (χ3v) is 6.21. The van der Waals surface area contributed by atoms with Gasteiger partial charge in [0.25, 0.3) is 11.8 Å². The van der Waals surface area contributed by atoms with E-state index in [2.05, 4.69) is 15.6 Å². The Hall–Kier alpha value is -3.37. The van der Waals surface area contributed by atoms with Crippen LogP contribution in [-0.4, -0.2) is 58.8 Å². The van der Waals surface area contributed by atoms with Crippen LogP contribution >= 0.6 is 22.9 Å². The summed E-state index contributed by atoms with van der Waals surface area (Å²) in [5.41, 5.74) is 1.12. The Bertz CT molecular complexity index is 1120. The van der Waals surface area contributed by atoms with Crippen LogP contribution in [0.4, 0.5) is 15.6 Å². The zero-order valence-corrected chi connectivity index (χ0v) is 18.7. The van der Waals surface area contributed by atoms with Gasteiger partial charge in [0.2, 0.25) is 0 Å². The summed E-state index contributed by atoms with van der Waals surface area (Å²) in [5, 5.41) is 6.23. The van der Waals surface area contributed by atoms with Gasteiger partial charge in [0.1, 0.15) is 4.88 Å². The van der Waals surface area contributed by atoms with Gasteiger partial charge in [-0.25, -0.2) is 9.78 Å². The van der Waals surface area contributed by atoms with Crippen molar-refractivity contribution >= 4 is 51.6 Å². The first kappa shape index (κ1) is 21.8. The fourth-order valence-corrected chi connectivity index (χ4v) is 4.31. The smallest absolute Gasteiger partial charge is 0.325 e. The second-order valence-electron chi connectivity index (χ2n) is 7.08. The molecule has 3 heterocycles. The highest BCUT2D eigenvalue weighted by Gasteiger charge is 2.28. The Balaban J connectivity index is 1.34. The van der Waals surface area contributed by atoms with E-state index < -0.39 is 6.03 Å². The number of hydrogen-bond acceptors (Lipinski definition) is 6. The monoisotopic (exact) mass is 473 g/mol. The van der Waals surface area contributed by atoms with Crippen LogP contribution in [0.2, 0.25) is 5.02 Å². The predicted octanol–water partition coefficient (Wildman–Crippen LogP) is 3.94. The van der Waals surface area contributed by atoms with Crippen LogP contribution in [0.5, 0.6) is 0 Å². The number of carbonyl (C=O) groups excluding carboxylic acids is 3. The number of rotatable bonds is 4. The lowest BCUT2D eigenvalue weighted by molar-refractivity contribution is 0.0520. The molecular formula is C21H20ClN5O4S. The molecule has 1 fully saturated rings. The SMILES string of the molecule is Cc1nc(NC(=O)Nc2ccc(Cl)cc2)sc1C(=O)N1CCN(C(=O)c2ccco2)CC1. The van der Waals surface area contributed by atoms with Gasteiger partial charge in [-0.1, -0.05) is 22.9 Å². The number of benzene rings is 1. The van der Waals surface area contributed by atoms with E-state index in [1.165, 1.54) is 6.26 Å². The predicted molar refractivity (Wildman–Crippen MR) is 121 cm³/mol. The Morgan fingerprint density at radius 3 is 2.28 bits per heavy atom. The molecule has 0 aliphatic carbocycles. The van der Waals surface area contributed by atoms with Crippen molar-refractivity contribution in [2.24, 2.45) is 0 Å². The molecule has 0 radical (unpaired) electrons. The van der Waals surface area contributed by atoms with Gasteiger partial charge in [-0.2, -0.15) is 0 Å². The van der Waals surface area contributed by atoms with Crippen LogP contribution in [0.15, 0.2) is 47.1 Å². The summed E-state index contributed by atoms with van der Waals surface area (Å²) < 4.78 is 5.16. The van der Waals surface area contributed by atoms with E-state index in [1.54, 1.807) is 53.1 Å². The molecule has 11 heteroatoms. The van der Waals surface area contributed by atoms with Gasteiger partial charge in [0, 0.05) is 36.9 Å². The van der Waals surface area contributed by atoms with Crippen molar-refractivity contribution in [2.75, 3.05) is 36.8 Å². The molecule has 2 aromatic heterocycles. The van der Waals surface area contributed by atoms with Crippen LogP contribution < -0.4 is 10.6 Å². The molecule has 0 unspecified atom stereocenters. The van der Waals surface area contributed by atoms with Gasteiger partial charge < -0.3 is 19.5 Å². The number of carbonyl (C=O) groups is 3. The van der Waals surface area contributed by atoms with Crippen molar-refractivity contribution in [2.45, 2.75) is 6.92 Å². The maximum Gasteiger partial charge on any atom is 0.325 e. The summed E-state index contributed by atoms with van der Waals surface area (Å²) in [6, 6.07) is 9.52. The van der Waals surface area contributed by atoms with Crippen molar-refractivity contribution in [1.29, 1.82) is 0 Å². The molecule has 4 amide bonds. The molecule has 0 atom stereocenters. The number of urea groups is 1. The average Bonchev–Trinajstić information content (AvgIpc) is 3.44. The number of nitrogens with zero attached hydrogens (tertiary/aromatic N) is 3. The number of piperazine rings is 1. The Labute approximate surface area is 193 Å². The normalized spacial score (nSPS) is 13.7.